The fourth-order valence-corrected chi connectivity index (χ4v) is 2.72. The van der Waals surface area contributed by atoms with Crippen molar-refractivity contribution < 1.29 is 5.11 Å². The number of aryl methyl sites for hydroxylation is 1. The van der Waals surface area contributed by atoms with E-state index in [0.29, 0.717) is 0 Å². The average Bonchev–Trinajstić information content (AvgIpc) is 2.87. The highest BCUT2D eigenvalue weighted by molar-refractivity contribution is 7.15. The number of hydrogen-bond donors (Lipinski definition) is 2. The summed E-state index contributed by atoms with van der Waals surface area (Å²) < 4.78 is 0. The molecule has 0 saturated heterocycles. The molecule has 0 aliphatic rings. The first-order valence-electron chi connectivity index (χ1n) is 5.81. The molecule has 0 fully saturated rings. The van der Waals surface area contributed by atoms with Gasteiger partial charge in [0, 0.05) is 16.3 Å². The van der Waals surface area contributed by atoms with E-state index in [9.17, 15) is 5.11 Å². The largest absolute Gasteiger partial charge is 0.386 e. The van der Waals surface area contributed by atoms with Gasteiger partial charge in [-0.2, -0.15) is 0 Å². The first kappa shape index (κ1) is 12.3. The number of hydrogen-bond acceptors (Lipinski definition) is 3. The highest BCUT2D eigenvalue weighted by Crippen LogP contribution is 2.31. The van der Waals surface area contributed by atoms with Crippen LogP contribution in [-0.4, -0.2) is 11.7 Å². The van der Waals surface area contributed by atoms with Crippen LogP contribution in [0.15, 0.2) is 36.4 Å². The van der Waals surface area contributed by atoms with Crippen molar-refractivity contribution in [3.8, 4) is 10.4 Å². The summed E-state index contributed by atoms with van der Waals surface area (Å²) in [4.78, 5) is 2.11. The van der Waals surface area contributed by atoms with E-state index in [1.165, 1.54) is 16.0 Å². The van der Waals surface area contributed by atoms with E-state index < -0.39 is 6.10 Å². The minimum Gasteiger partial charge on any atom is -0.386 e. The van der Waals surface area contributed by atoms with Gasteiger partial charge in [0.05, 0.1) is 0 Å². The molecule has 2 nitrogen and oxygen atoms in total. The molecule has 17 heavy (non-hydrogen) atoms. The molecule has 2 aromatic rings. The topological polar surface area (TPSA) is 46.2 Å². The molecule has 3 heteroatoms. The fourth-order valence-electron chi connectivity index (χ4n) is 1.71. The summed E-state index contributed by atoms with van der Waals surface area (Å²) in [5, 5.41) is 9.66. The highest BCUT2D eigenvalue weighted by atomic mass is 32.1. The summed E-state index contributed by atoms with van der Waals surface area (Å²) in [6, 6.07) is 12.5. The van der Waals surface area contributed by atoms with Gasteiger partial charge in [0.1, 0.15) is 6.10 Å². The van der Waals surface area contributed by atoms with Gasteiger partial charge in [-0.3, -0.25) is 0 Å². The SMILES string of the molecule is CCc1ccc(-c2ccc(C(O)CN)s2)cc1. The molecule has 0 spiro atoms. The van der Waals surface area contributed by atoms with E-state index in [1.807, 2.05) is 12.1 Å². The number of thiophene rings is 1. The summed E-state index contributed by atoms with van der Waals surface area (Å²) in [5.74, 6) is 0. The zero-order chi connectivity index (χ0) is 12.3. The molecule has 1 atom stereocenters. The number of rotatable bonds is 4. The Bertz CT molecular complexity index is 475. The zero-order valence-corrected chi connectivity index (χ0v) is 10.7. The predicted molar refractivity (Wildman–Crippen MR) is 73.1 cm³/mol. The number of benzene rings is 1. The molecule has 90 valence electrons. The smallest absolute Gasteiger partial charge is 0.100 e. The second-order valence-corrected chi connectivity index (χ2v) is 5.12. The molecular formula is C14H17NOS. The Labute approximate surface area is 106 Å². The van der Waals surface area contributed by atoms with Gasteiger partial charge in [0.25, 0.3) is 0 Å². The lowest BCUT2D eigenvalue weighted by atomic mass is 10.1. The number of aliphatic hydroxyl groups excluding tert-OH is 1. The summed E-state index contributed by atoms with van der Waals surface area (Å²) in [6.07, 6.45) is 0.519. The molecule has 0 aliphatic heterocycles. The standard InChI is InChI=1S/C14H17NOS/c1-2-10-3-5-11(6-4-10)13-7-8-14(17-13)12(16)9-15/h3-8,12,16H,2,9,15H2,1H3. The van der Waals surface area contributed by atoms with Gasteiger partial charge in [-0.25, -0.2) is 0 Å². The molecule has 1 aromatic heterocycles. The first-order chi connectivity index (χ1) is 8.24. The van der Waals surface area contributed by atoms with Gasteiger partial charge in [-0.1, -0.05) is 31.2 Å². The van der Waals surface area contributed by atoms with E-state index in [0.717, 1.165) is 11.3 Å². The van der Waals surface area contributed by atoms with Crippen LogP contribution in [0.25, 0.3) is 10.4 Å². The van der Waals surface area contributed by atoms with E-state index in [2.05, 4.69) is 31.2 Å². The van der Waals surface area contributed by atoms with Crippen molar-refractivity contribution in [1.29, 1.82) is 0 Å². The molecule has 0 saturated carbocycles. The minimum absolute atomic E-state index is 0.273. The Balaban J connectivity index is 2.24. The Hall–Kier alpha value is -1.16. The Morgan fingerprint density at radius 2 is 1.88 bits per heavy atom. The van der Waals surface area contributed by atoms with Crippen LogP contribution in [0.2, 0.25) is 0 Å². The normalized spacial score (nSPS) is 12.6. The van der Waals surface area contributed by atoms with Crippen molar-refractivity contribution in [2.24, 2.45) is 5.73 Å². The van der Waals surface area contributed by atoms with Crippen LogP contribution in [0.3, 0.4) is 0 Å². The van der Waals surface area contributed by atoms with E-state index in [-0.39, 0.29) is 6.54 Å². The molecule has 3 N–H and O–H groups in total. The van der Waals surface area contributed by atoms with Gasteiger partial charge in [0.15, 0.2) is 0 Å². The third kappa shape index (κ3) is 2.75. The molecule has 1 heterocycles. The third-order valence-electron chi connectivity index (χ3n) is 2.83. The summed E-state index contributed by atoms with van der Waals surface area (Å²) in [6.45, 7) is 2.42. The van der Waals surface area contributed by atoms with Gasteiger partial charge in [0.2, 0.25) is 0 Å². The maximum absolute atomic E-state index is 9.66. The molecule has 0 bridgehead atoms. The highest BCUT2D eigenvalue weighted by Gasteiger charge is 2.09. The molecule has 1 unspecified atom stereocenters. The van der Waals surface area contributed by atoms with Gasteiger partial charge < -0.3 is 10.8 Å². The lowest BCUT2D eigenvalue weighted by Gasteiger charge is -2.03. The molecule has 0 amide bonds. The van der Waals surface area contributed by atoms with Crippen molar-refractivity contribution >= 4 is 11.3 Å². The lowest BCUT2D eigenvalue weighted by Crippen LogP contribution is -2.09. The molecule has 1 aromatic carbocycles. The van der Waals surface area contributed by atoms with Crippen LogP contribution >= 0.6 is 11.3 Å². The molecule has 0 aliphatic carbocycles. The molecule has 2 rings (SSSR count). The monoisotopic (exact) mass is 247 g/mol. The van der Waals surface area contributed by atoms with Crippen LogP contribution in [0.5, 0.6) is 0 Å². The lowest BCUT2D eigenvalue weighted by molar-refractivity contribution is 0.190. The number of nitrogens with two attached hydrogens (primary N) is 1. The quantitative estimate of drug-likeness (QED) is 0.872. The summed E-state index contributed by atoms with van der Waals surface area (Å²) >= 11 is 1.60. The average molecular weight is 247 g/mol. The Morgan fingerprint density at radius 1 is 1.18 bits per heavy atom. The maximum Gasteiger partial charge on any atom is 0.100 e. The molecule has 0 radical (unpaired) electrons. The summed E-state index contributed by atoms with van der Waals surface area (Å²) in [7, 11) is 0. The predicted octanol–water partition coefficient (Wildman–Crippen LogP) is 2.97. The van der Waals surface area contributed by atoms with Crippen LogP contribution in [0.4, 0.5) is 0 Å². The Kier molecular flexibility index (Phi) is 3.94. The van der Waals surface area contributed by atoms with E-state index in [1.54, 1.807) is 11.3 Å². The molecular weight excluding hydrogens is 230 g/mol. The van der Waals surface area contributed by atoms with Crippen molar-refractivity contribution in [2.45, 2.75) is 19.4 Å². The van der Waals surface area contributed by atoms with E-state index >= 15 is 0 Å². The number of aliphatic hydroxyl groups is 1. The zero-order valence-electron chi connectivity index (χ0n) is 9.89. The van der Waals surface area contributed by atoms with Crippen molar-refractivity contribution in [2.75, 3.05) is 6.54 Å². The first-order valence-corrected chi connectivity index (χ1v) is 6.63. The fraction of sp³-hybridized carbons (Fsp3) is 0.286. The van der Waals surface area contributed by atoms with E-state index in [4.69, 9.17) is 5.73 Å². The summed E-state index contributed by atoms with van der Waals surface area (Å²) in [5.41, 5.74) is 7.98. The minimum atomic E-state index is -0.538. The van der Waals surface area contributed by atoms with Gasteiger partial charge in [-0.15, -0.1) is 11.3 Å². The van der Waals surface area contributed by atoms with Crippen LogP contribution in [0.1, 0.15) is 23.5 Å². The second-order valence-electron chi connectivity index (χ2n) is 4.00. The van der Waals surface area contributed by atoms with Crippen LogP contribution in [0, 0.1) is 0 Å². The Morgan fingerprint density at radius 3 is 2.47 bits per heavy atom. The second kappa shape index (κ2) is 5.45. The van der Waals surface area contributed by atoms with Crippen LogP contribution < -0.4 is 5.73 Å². The van der Waals surface area contributed by atoms with Gasteiger partial charge >= 0.3 is 0 Å². The third-order valence-corrected chi connectivity index (χ3v) is 4.06. The van der Waals surface area contributed by atoms with Crippen LogP contribution in [-0.2, 0) is 6.42 Å². The maximum atomic E-state index is 9.66. The van der Waals surface area contributed by atoms with Crippen molar-refractivity contribution in [3.63, 3.8) is 0 Å². The van der Waals surface area contributed by atoms with Gasteiger partial charge in [-0.05, 0) is 29.7 Å². The van der Waals surface area contributed by atoms with Crippen molar-refractivity contribution in [3.05, 3.63) is 46.8 Å². The van der Waals surface area contributed by atoms with Crippen molar-refractivity contribution in [1.82, 2.24) is 0 Å².